The molecule has 47 heavy (non-hydrogen) atoms. The zero-order chi connectivity index (χ0) is 31.2. The Kier molecular flexibility index (Phi) is 9.59. The van der Waals surface area contributed by atoms with Crippen LogP contribution in [-0.4, -0.2) is 21.3 Å². The third-order valence-electron chi connectivity index (χ3n) is 8.07. The van der Waals surface area contributed by atoms with E-state index in [0.717, 1.165) is 39.5 Å². The number of fused-ring (bicyclic) bond motifs is 3. The monoisotopic (exact) mass is 784 g/mol. The van der Waals surface area contributed by atoms with Gasteiger partial charge in [0.2, 0.25) is 0 Å². The number of rotatable bonds is 5. The van der Waals surface area contributed by atoms with Gasteiger partial charge in [0.1, 0.15) is 5.75 Å². The molecule has 1 N–H and O–H groups in total. The maximum absolute atomic E-state index is 9.50. The Morgan fingerprint density at radius 3 is 2.15 bits per heavy atom. The van der Waals surface area contributed by atoms with E-state index in [2.05, 4.69) is 65.7 Å². The van der Waals surface area contributed by atoms with E-state index in [1.165, 1.54) is 16.7 Å². The molecule has 1 aliphatic carbocycles. The van der Waals surface area contributed by atoms with Crippen molar-refractivity contribution in [1.29, 1.82) is 0 Å². The molecule has 5 aromatic carbocycles. The number of aromatic nitrogens is 2. The van der Waals surface area contributed by atoms with Gasteiger partial charge in [-0.15, -0.1) is 47.0 Å². The molecule has 0 unspecified atom stereocenters. The van der Waals surface area contributed by atoms with Crippen molar-refractivity contribution in [2.75, 3.05) is 0 Å². The second-order valence-corrected chi connectivity index (χ2v) is 10.8. The number of nitrogens with zero attached hydrogens (tertiary/aromatic N) is 3. The van der Waals surface area contributed by atoms with Gasteiger partial charge in [-0.2, -0.15) is 24.3 Å². The first-order valence-corrected chi connectivity index (χ1v) is 15.1. The summed E-state index contributed by atoms with van der Waals surface area (Å²) in [5.41, 5.74) is 9.41. The Morgan fingerprint density at radius 2 is 1.34 bits per heavy atom. The Labute approximate surface area is 288 Å². The number of hydrogen-bond acceptors (Lipinski definition) is 4. The molecule has 229 valence electrons. The molecule has 0 spiro atoms. The van der Waals surface area contributed by atoms with Crippen molar-refractivity contribution in [1.82, 2.24) is 9.97 Å². The topological polar surface area (TPSA) is 58.4 Å². The number of benzene rings is 5. The molecule has 5 heteroatoms. The van der Waals surface area contributed by atoms with E-state index in [1.54, 1.807) is 18.3 Å². The maximum atomic E-state index is 9.50. The normalized spacial score (nSPS) is 14.3. The van der Waals surface area contributed by atoms with Crippen LogP contribution in [0.3, 0.4) is 0 Å². The molecule has 0 saturated heterocycles. The van der Waals surface area contributed by atoms with Crippen molar-refractivity contribution in [3.63, 3.8) is 0 Å². The minimum Gasteiger partial charge on any atom is -0.507 e. The molecule has 8 rings (SSSR count). The van der Waals surface area contributed by atoms with Crippen LogP contribution in [0.25, 0.3) is 22.4 Å². The van der Waals surface area contributed by atoms with Crippen LogP contribution >= 0.6 is 0 Å². The predicted molar refractivity (Wildman–Crippen MR) is 184 cm³/mol. The summed E-state index contributed by atoms with van der Waals surface area (Å²) in [5, 5.41) is 9.50. The van der Waals surface area contributed by atoms with Gasteiger partial charge in [-0.1, -0.05) is 78.4 Å². The zero-order valence-electron chi connectivity index (χ0n) is 25.3. The zero-order valence-corrected chi connectivity index (χ0v) is 27.7. The molecular weight excluding hydrogens is 755 g/mol. The van der Waals surface area contributed by atoms with E-state index in [-0.39, 0.29) is 25.9 Å². The summed E-state index contributed by atoms with van der Waals surface area (Å²) in [7, 11) is 0. The number of aromatic hydroxyl groups is 1. The molecule has 1 radical (unpaired) electrons. The maximum Gasteiger partial charge on any atom is 0.124 e. The minimum absolute atomic E-state index is 0. The van der Waals surface area contributed by atoms with Crippen molar-refractivity contribution >= 4 is 11.9 Å². The molecule has 1 atom stereocenters. The van der Waals surface area contributed by atoms with Crippen LogP contribution in [0.5, 0.6) is 5.75 Å². The quantitative estimate of drug-likeness (QED) is 0.140. The first-order chi connectivity index (χ1) is 22.7. The van der Waals surface area contributed by atoms with E-state index in [9.17, 15) is 5.11 Å². The van der Waals surface area contributed by atoms with Crippen LogP contribution in [0.1, 0.15) is 28.1 Å². The SMILES string of the molecule is Oc1ccccc1C=Nc1ccccc1.[Ir].[c-]1ccccc1-c1cccc([C@]2(c3ccccn3)c3[c-]cccc3-c3ccccc32)n1. The summed E-state index contributed by atoms with van der Waals surface area (Å²) >= 11 is 0. The fraction of sp³-hybridized carbons (Fsp3) is 0.0238. The fourth-order valence-electron chi connectivity index (χ4n) is 6.00. The summed E-state index contributed by atoms with van der Waals surface area (Å²) in [5.74, 6) is 0.247. The number of hydrogen-bond donors (Lipinski definition) is 1. The Morgan fingerprint density at radius 1 is 0.617 bits per heavy atom. The minimum atomic E-state index is -0.626. The smallest absolute Gasteiger partial charge is 0.124 e. The average molecular weight is 784 g/mol. The summed E-state index contributed by atoms with van der Waals surface area (Å²) in [6.07, 6.45) is 3.51. The van der Waals surface area contributed by atoms with E-state index < -0.39 is 5.41 Å². The van der Waals surface area contributed by atoms with Crippen LogP contribution in [0, 0.1) is 12.1 Å². The largest absolute Gasteiger partial charge is 0.507 e. The molecule has 0 aliphatic heterocycles. The third-order valence-corrected chi connectivity index (χ3v) is 8.07. The van der Waals surface area contributed by atoms with Crippen molar-refractivity contribution in [3.8, 4) is 28.1 Å². The Balaban J connectivity index is 0.000000204. The number of phenols is 1. The van der Waals surface area contributed by atoms with Gasteiger partial charge in [0.25, 0.3) is 0 Å². The standard InChI is InChI=1S/C29H18N2.C13H11NO.Ir/c1-2-11-21(12-3-1)26-17-10-19-28(31-26)29(27-18-8-9-20-30-27)24-15-6-4-13-22(24)23-14-5-7-16-25(23)29;15-13-9-5-4-6-11(13)10-14-12-7-2-1-3-8-12;/h1-11,13-15,17-20H;1-10,15H;/q-2;;/t29-;;/m0../s1. The molecule has 7 aromatic rings. The van der Waals surface area contributed by atoms with Gasteiger partial charge in [-0.25, -0.2) is 0 Å². The van der Waals surface area contributed by atoms with Crippen LogP contribution in [0.2, 0.25) is 0 Å². The first-order valence-electron chi connectivity index (χ1n) is 15.1. The molecule has 0 amide bonds. The molecular formula is C42H29IrN3O-2. The number of aliphatic imine (C=N–C) groups is 1. The molecule has 4 nitrogen and oxygen atoms in total. The van der Waals surface area contributed by atoms with Crippen LogP contribution in [-0.2, 0) is 25.5 Å². The second-order valence-electron chi connectivity index (χ2n) is 10.8. The summed E-state index contributed by atoms with van der Waals surface area (Å²) in [6, 6.07) is 58.6. The summed E-state index contributed by atoms with van der Waals surface area (Å²) in [4.78, 5) is 14.3. The first kappa shape index (κ1) is 31.5. The molecule has 1 aliphatic rings. The van der Waals surface area contributed by atoms with Crippen molar-refractivity contribution in [2.24, 2.45) is 4.99 Å². The molecule has 2 aromatic heterocycles. The van der Waals surface area contributed by atoms with Crippen LogP contribution in [0.4, 0.5) is 5.69 Å². The number of phenolic OH excluding ortho intramolecular Hbond substituents is 1. The van der Waals surface area contributed by atoms with Gasteiger partial charge in [0, 0.05) is 43.8 Å². The summed E-state index contributed by atoms with van der Waals surface area (Å²) < 4.78 is 0. The van der Waals surface area contributed by atoms with Crippen molar-refractivity contribution in [3.05, 3.63) is 204 Å². The van der Waals surface area contributed by atoms with E-state index >= 15 is 0 Å². The van der Waals surface area contributed by atoms with Gasteiger partial charge < -0.3 is 5.11 Å². The van der Waals surface area contributed by atoms with Crippen LogP contribution in [0.15, 0.2) is 169 Å². The third kappa shape index (κ3) is 6.19. The number of pyridine rings is 2. The predicted octanol–water partition coefficient (Wildman–Crippen LogP) is 9.25. The van der Waals surface area contributed by atoms with E-state index in [4.69, 9.17) is 9.97 Å². The van der Waals surface area contributed by atoms with E-state index in [1.807, 2.05) is 103 Å². The van der Waals surface area contributed by atoms with Gasteiger partial charge in [0.05, 0.1) is 16.8 Å². The number of para-hydroxylation sites is 2. The fourth-order valence-corrected chi connectivity index (χ4v) is 6.00. The van der Waals surface area contributed by atoms with Crippen molar-refractivity contribution in [2.45, 2.75) is 5.41 Å². The van der Waals surface area contributed by atoms with Gasteiger partial charge in [-0.05, 0) is 53.7 Å². The van der Waals surface area contributed by atoms with Crippen LogP contribution < -0.4 is 0 Å². The average Bonchev–Trinajstić information content (AvgIpc) is 3.44. The Bertz CT molecular complexity index is 2070. The van der Waals surface area contributed by atoms with Gasteiger partial charge in [0.15, 0.2) is 0 Å². The molecule has 0 saturated carbocycles. The van der Waals surface area contributed by atoms with Gasteiger partial charge in [-0.3, -0.25) is 15.0 Å². The second kappa shape index (κ2) is 14.3. The van der Waals surface area contributed by atoms with Gasteiger partial charge >= 0.3 is 0 Å². The van der Waals surface area contributed by atoms with Crippen molar-refractivity contribution < 1.29 is 25.2 Å². The molecule has 2 heterocycles. The molecule has 0 bridgehead atoms. The summed E-state index contributed by atoms with van der Waals surface area (Å²) in [6.45, 7) is 0. The van der Waals surface area contributed by atoms with E-state index in [0.29, 0.717) is 0 Å². The molecule has 0 fully saturated rings. The Hall–Kier alpha value is -5.48.